The first-order chi connectivity index (χ1) is 12.8. The molecule has 0 spiro atoms. The van der Waals surface area contributed by atoms with Gasteiger partial charge in [-0.3, -0.25) is 14.5 Å². The molecule has 27 heavy (non-hydrogen) atoms. The number of pyridine rings is 1. The molecule has 0 saturated heterocycles. The lowest BCUT2D eigenvalue weighted by atomic mass is 9.98. The van der Waals surface area contributed by atoms with E-state index in [1.807, 2.05) is 19.2 Å². The third-order valence-corrected chi connectivity index (χ3v) is 5.43. The van der Waals surface area contributed by atoms with Gasteiger partial charge in [0.25, 0.3) is 0 Å². The molecule has 10 heteroatoms. The van der Waals surface area contributed by atoms with Crippen molar-refractivity contribution in [2.24, 2.45) is 7.05 Å². The minimum Gasteiger partial charge on any atom is -0.376 e. The molecule has 3 heterocycles. The molecular formula is C17H23N5O4S. The predicted molar refractivity (Wildman–Crippen MR) is 97.4 cm³/mol. The number of rotatable bonds is 7. The quantitative estimate of drug-likeness (QED) is 0.665. The molecule has 0 saturated carbocycles. The normalized spacial score (nSPS) is 17.0. The molecule has 1 amide bonds. The van der Waals surface area contributed by atoms with Crippen LogP contribution in [0.25, 0.3) is 0 Å². The van der Waals surface area contributed by atoms with Gasteiger partial charge in [-0.25, -0.2) is 8.42 Å². The number of sulfone groups is 1. The van der Waals surface area contributed by atoms with Crippen molar-refractivity contribution in [1.82, 2.24) is 24.9 Å². The fraction of sp³-hybridized carbons (Fsp3) is 0.529. The minimum absolute atomic E-state index is 0.0287. The van der Waals surface area contributed by atoms with E-state index in [9.17, 15) is 13.2 Å². The van der Waals surface area contributed by atoms with Crippen LogP contribution in [-0.2, 0) is 39.6 Å². The second-order valence-corrected chi connectivity index (χ2v) is 9.03. The number of aromatic nitrogens is 4. The third-order valence-electron chi connectivity index (χ3n) is 4.49. The first-order valence-corrected chi connectivity index (χ1v) is 10.7. The third kappa shape index (κ3) is 5.10. The van der Waals surface area contributed by atoms with Crippen molar-refractivity contribution in [3.8, 4) is 0 Å². The summed E-state index contributed by atoms with van der Waals surface area (Å²) in [6.07, 6.45) is 4.53. The number of amides is 1. The van der Waals surface area contributed by atoms with Crippen LogP contribution in [0.2, 0.25) is 0 Å². The van der Waals surface area contributed by atoms with E-state index >= 15 is 0 Å². The largest absolute Gasteiger partial charge is 0.376 e. The number of aryl methyl sites for hydroxylation is 1. The zero-order valence-corrected chi connectivity index (χ0v) is 16.2. The highest BCUT2D eigenvalue weighted by Crippen LogP contribution is 2.27. The fourth-order valence-corrected chi connectivity index (χ4v) is 3.71. The Bertz CT molecular complexity index is 897. The van der Waals surface area contributed by atoms with Crippen molar-refractivity contribution in [1.29, 1.82) is 0 Å². The first kappa shape index (κ1) is 19.4. The van der Waals surface area contributed by atoms with E-state index in [-0.39, 0.29) is 24.0 Å². The van der Waals surface area contributed by atoms with Gasteiger partial charge >= 0.3 is 0 Å². The summed E-state index contributed by atoms with van der Waals surface area (Å²) in [7, 11) is -1.36. The monoisotopic (exact) mass is 393 g/mol. The van der Waals surface area contributed by atoms with E-state index in [0.29, 0.717) is 26.3 Å². The Morgan fingerprint density at radius 1 is 1.33 bits per heavy atom. The van der Waals surface area contributed by atoms with Crippen LogP contribution in [0.1, 0.15) is 29.3 Å². The van der Waals surface area contributed by atoms with Crippen LogP contribution in [0.15, 0.2) is 24.5 Å². The molecule has 9 nitrogen and oxygen atoms in total. The van der Waals surface area contributed by atoms with Crippen molar-refractivity contribution < 1.29 is 17.9 Å². The van der Waals surface area contributed by atoms with Crippen LogP contribution in [0, 0.1) is 0 Å². The second kappa shape index (κ2) is 8.13. The minimum atomic E-state index is -3.18. The van der Waals surface area contributed by atoms with Crippen LogP contribution in [0.5, 0.6) is 0 Å². The summed E-state index contributed by atoms with van der Waals surface area (Å²) >= 11 is 0. The number of ether oxygens (including phenoxy) is 1. The molecule has 1 aliphatic rings. The highest BCUT2D eigenvalue weighted by atomic mass is 32.2. The summed E-state index contributed by atoms with van der Waals surface area (Å²) in [6, 6.07) is 3.78. The van der Waals surface area contributed by atoms with E-state index in [1.165, 1.54) is 0 Å². The molecule has 3 rings (SSSR count). The molecule has 2 aromatic heterocycles. The molecular weight excluding hydrogens is 370 g/mol. The number of hydrogen-bond acceptors (Lipinski definition) is 7. The average Bonchev–Trinajstić information content (AvgIpc) is 3.01. The maximum atomic E-state index is 12.5. The Balaban J connectivity index is 1.66. The Labute approximate surface area is 158 Å². The summed E-state index contributed by atoms with van der Waals surface area (Å²) in [6.45, 7) is 1.65. The molecule has 1 unspecified atom stereocenters. The molecule has 0 aliphatic carbocycles. The van der Waals surface area contributed by atoms with Gasteiger partial charge in [-0.05, 0) is 17.7 Å². The Morgan fingerprint density at radius 3 is 2.78 bits per heavy atom. The SMILES string of the molecule is Cn1nnc2c1C(COCc1ccncc1)CN(C(=O)CCS(C)(=O)=O)C2. The van der Waals surface area contributed by atoms with E-state index in [0.717, 1.165) is 23.2 Å². The summed E-state index contributed by atoms with van der Waals surface area (Å²) < 4.78 is 30.2. The number of fused-ring (bicyclic) bond motifs is 1. The van der Waals surface area contributed by atoms with Crippen LogP contribution in [0.4, 0.5) is 0 Å². The maximum absolute atomic E-state index is 12.5. The molecule has 0 radical (unpaired) electrons. The Hall–Kier alpha value is -2.33. The van der Waals surface area contributed by atoms with Gasteiger partial charge in [0.2, 0.25) is 5.91 Å². The topological polar surface area (TPSA) is 107 Å². The van der Waals surface area contributed by atoms with Gasteiger partial charge in [0.1, 0.15) is 15.5 Å². The molecule has 1 atom stereocenters. The van der Waals surface area contributed by atoms with Gasteiger partial charge in [-0.1, -0.05) is 5.21 Å². The maximum Gasteiger partial charge on any atom is 0.223 e. The Morgan fingerprint density at radius 2 is 2.07 bits per heavy atom. The van der Waals surface area contributed by atoms with E-state index < -0.39 is 9.84 Å². The molecule has 0 bridgehead atoms. The van der Waals surface area contributed by atoms with Crippen LogP contribution in [0.3, 0.4) is 0 Å². The van der Waals surface area contributed by atoms with Crippen LogP contribution < -0.4 is 0 Å². The summed E-state index contributed by atoms with van der Waals surface area (Å²) in [5, 5.41) is 8.21. The fourth-order valence-electron chi connectivity index (χ4n) is 3.17. The van der Waals surface area contributed by atoms with Crippen molar-refractivity contribution in [2.45, 2.75) is 25.5 Å². The lowest BCUT2D eigenvalue weighted by molar-refractivity contribution is -0.132. The van der Waals surface area contributed by atoms with Crippen LogP contribution in [-0.4, -0.2) is 64.4 Å². The lowest BCUT2D eigenvalue weighted by Gasteiger charge is -2.32. The van der Waals surface area contributed by atoms with Gasteiger partial charge in [0, 0.05) is 44.6 Å². The van der Waals surface area contributed by atoms with Gasteiger partial charge in [-0.15, -0.1) is 5.10 Å². The molecule has 0 fully saturated rings. The standard InChI is InChI=1S/C17H23N5O4S/c1-21-17-14(12-26-11-13-3-6-18-7-4-13)9-22(10-15(17)19-20-21)16(23)5-8-27(2,24)25/h3-4,6-7,14H,5,8-12H2,1-2H3. The second-order valence-electron chi connectivity index (χ2n) is 6.77. The zero-order valence-electron chi connectivity index (χ0n) is 15.4. The Kier molecular flexibility index (Phi) is 5.85. The molecule has 146 valence electrons. The van der Waals surface area contributed by atoms with Crippen molar-refractivity contribution in [2.75, 3.05) is 25.2 Å². The van der Waals surface area contributed by atoms with Crippen LogP contribution >= 0.6 is 0 Å². The van der Waals surface area contributed by atoms with Crippen molar-refractivity contribution in [3.05, 3.63) is 41.5 Å². The summed E-state index contributed by atoms with van der Waals surface area (Å²) in [5.74, 6) is -0.424. The number of carbonyl (C=O) groups excluding carboxylic acids is 1. The molecule has 0 N–H and O–H groups in total. The van der Waals surface area contributed by atoms with E-state index in [4.69, 9.17) is 4.74 Å². The summed E-state index contributed by atoms with van der Waals surface area (Å²) in [5.41, 5.74) is 2.70. The predicted octanol–water partition coefficient (Wildman–Crippen LogP) is 0.287. The van der Waals surface area contributed by atoms with Gasteiger partial charge in [0.05, 0.1) is 31.2 Å². The van der Waals surface area contributed by atoms with Gasteiger partial charge in [-0.2, -0.15) is 0 Å². The van der Waals surface area contributed by atoms with Gasteiger partial charge < -0.3 is 9.64 Å². The molecule has 2 aromatic rings. The number of hydrogen-bond donors (Lipinski definition) is 0. The number of nitrogens with zero attached hydrogens (tertiary/aromatic N) is 5. The summed E-state index contributed by atoms with van der Waals surface area (Å²) in [4.78, 5) is 18.1. The first-order valence-electron chi connectivity index (χ1n) is 8.64. The van der Waals surface area contributed by atoms with Crippen molar-refractivity contribution in [3.63, 3.8) is 0 Å². The van der Waals surface area contributed by atoms with E-state index in [1.54, 1.807) is 22.0 Å². The smallest absolute Gasteiger partial charge is 0.223 e. The van der Waals surface area contributed by atoms with Gasteiger partial charge in [0.15, 0.2) is 0 Å². The zero-order chi connectivity index (χ0) is 19.4. The number of carbonyl (C=O) groups is 1. The highest BCUT2D eigenvalue weighted by molar-refractivity contribution is 7.90. The van der Waals surface area contributed by atoms with Crippen molar-refractivity contribution >= 4 is 15.7 Å². The lowest BCUT2D eigenvalue weighted by Crippen LogP contribution is -2.40. The molecule has 1 aliphatic heterocycles. The van der Waals surface area contributed by atoms with E-state index in [2.05, 4.69) is 15.3 Å². The highest BCUT2D eigenvalue weighted by Gasteiger charge is 2.32. The molecule has 0 aromatic carbocycles. The average molecular weight is 393 g/mol.